The van der Waals surface area contributed by atoms with E-state index in [2.05, 4.69) is 4.74 Å². The minimum absolute atomic E-state index is 0. The van der Waals surface area contributed by atoms with Crippen molar-refractivity contribution < 1.29 is 23.9 Å². The average molecular weight is 182 g/mol. The third-order valence-corrected chi connectivity index (χ3v) is 0.760. The molecule has 0 atom stereocenters. The van der Waals surface area contributed by atoms with Gasteiger partial charge >= 0.3 is 41.5 Å². The molecule has 12 heavy (non-hydrogen) atoms. The van der Waals surface area contributed by atoms with Crippen molar-refractivity contribution in [2.24, 2.45) is 0 Å². The number of carbonyl (C=O) groups excluding carboxylic acids is 4. The summed E-state index contributed by atoms with van der Waals surface area (Å²) in [4.78, 5) is 41.0. The first kappa shape index (κ1) is 14.0. The van der Waals surface area contributed by atoms with Gasteiger partial charge in [0.25, 0.3) is 0 Å². The van der Waals surface area contributed by atoms with Gasteiger partial charge in [-0.1, -0.05) is 0 Å². The molecule has 0 saturated carbocycles. The van der Waals surface area contributed by atoms with Crippen molar-refractivity contribution in [3.8, 4) is 0 Å². The predicted molar refractivity (Wildman–Crippen MR) is 39.6 cm³/mol. The molecule has 0 radical (unpaired) electrons. The number of esters is 2. The molecule has 62 valence electrons. The molecule has 0 aromatic rings. The van der Waals surface area contributed by atoms with E-state index in [4.69, 9.17) is 0 Å². The molecule has 0 rings (SSSR count). The van der Waals surface area contributed by atoms with Crippen LogP contribution in [0.5, 0.6) is 0 Å². The number of Topliss-reactive ketones (excluding diaryl/α,β-unsaturated/α-hetero) is 2. The van der Waals surface area contributed by atoms with E-state index in [0.29, 0.717) is 0 Å². The van der Waals surface area contributed by atoms with E-state index in [-0.39, 0.29) is 29.6 Å². The van der Waals surface area contributed by atoms with Gasteiger partial charge < -0.3 is 4.74 Å². The standard InChI is InChI=1S/C6H6O5.Na.H/c1-3(7)5(9)11-6(10)4(2)8;;/h1-2H3;;. The maximum atomic E-state index is 10.3. The van der Waals surface area contributed by atoms with Crippen molar-refractivity contribution in [3.05, 3.63) is 0 Å². The van der Waals surface area contributed by atoms with Crippen LogP contribution in [0.3, 0.4) is 0 Å². The normalized spacial score (nSPS) is 7.83. The number of ketones is 2. The molecule has 0 aliphatic rings. The van der Waals surface area contributed by atoms with E-state index in [1.54, 1.807) is 0 Å². The van der Waals surface area contributed by atoms with Crippen LogP contribution in [0.25, 0.3) is 0 Å². The average Bonchev–Trinajstić information content (AvgIpc) is 1.87. The summed E-state index contributed by atoms with van der Waals surface area (Å²) in [5.41, 5.74) is 0. The van der Waals surface area contributed by atoms with Crippen LogP contribution in [0.2, 0.25) is 0 Å². The monoisotopic (exact) mass is 182 g/mol. The number of hydrogen-bond donors (Lipinski definition) is 0. The molecule has 0 aliphatic heterocycles. The topological polar surface area (TPSA) is 77.5 Å². The third kappa shape index (κ3) is 5.17. The van der Waals surface area contributed by atoms with Crippen LogP contribution in [0.1, 0.15) is 13.8 Å². The van der Waals surface area contributed by atoms with Crippen LogP contribution in [0, 0.1) is 0 Å². The van der Waals surface area contributed by atoms with Crippen molar-refractivity contribution in [2.45, 2.75) is 13.8 Å². The van der Waals surface area contributed by atoms with Crippen LogP contribution in [0.15, 0.2) is 0 Å². The summed E-state index contributed by atoms with van der Waals surface area (Å²) in [5.74, 6) is -4.46. The Bertz CT molecular complexity index is 208. The van der Waals surface area contributed by atoms with Gasteiger partial charge in [0.2, 0.25) is 11.6 Å². The van der Waals surface area contributed by atoms with Crippen molar-refractivity contribution in [3.63, 3.8) is 0 Å². The number of carbonyl (C=O) groups is 4. The Hall–Kier alpha value is -0.520. The zero-order valence-corrected chi connectivity index (χ0v) is 6.04. The Kier molecular flexibility index (Phi) is 7.07. The molecular weight excluding hydrogens is 175 g/mol. The van der Waals surface area contributed by atoms with E-state index in [1.807, 2.05) is 0 Å². The molecule has 0 spiro atoms. The summed E-state index contributed by atoms with van der Waals surface area (Å²) >= 11 is 0. The molecule has 0 unspecified atom stereocenters. The Balaban J connectivity index is 0. The van der Waals surface area contributed by atoms with Gasteiger partial charge in [-0.05, 0) is 0 Å². The zero-order chi connectivity index (χ0) is 9.02. The molecule has 0 aliphatic carbocycles. The molecule has 0 aromatic heterocycles. The number of rotatable bonds is 2. The first-order chi connectivity index (χ1) is 4.95. The molecule has 0 bridgehead atoms. The summed E-state index contributed by atoms with van der Waals surface area (Å²) in [6.07, 6.45) is 0. The second-order valence-corrected chi connectivity index (χ2v) is 1.79. The Morgan fingerprint density at radius 3 is 1.25 bits per heavy atom. The first-order valence-electron chi connectivity index (χ1n) is 2.72. The second-order valence-electron chi connectivity index (χ2n) is 1.79. The molecule has 0 saturated heterocycles. The van der Waals surface area contributed by atoms with Crippen molar-refractivity contribution >= 4 is 53.1 Å². The quantitative estimate of drug-likeness (QED) is 0.227. The van der Waals surface area contributed by atoms with Crippen LogP contribution < -0.4 is 0 Å². The summed E-state index contributed by atoms with van der Waals surface area (Å²) in [6, 6.07) is 0. The fraction of sp³-hybridized carbons (Fsp3) is 0.333. The van der Waals surface area contributed by atoms with E-state index in [9.17, 15) is 19.2 Å². The van der Waals surface area contributed by atoms with Gasteiger partial charge in [0.15, 0.2) is 0 Å². The third-order valence-electron chi connectivity index (χ3n) is 0.760. The van der Waals surface area contributed by atoms with Gasteiger partial charge in [0.05, 0.1) is 0 Å². The van der Waals surface area contributed by atoms with Crippen LogP contribution >= 0.6 is 0 Å². The van der Waals surface area contributed by atoms with Gasteiger partial charge in [-0.25, -0.2) is 9.59 Å². The number of hydrogen-bond acceptors (Lipinski definition) is 5. The van der Waals surface area contributed by atoms with Gasteiger partial charge in [-0.15, -0.1) is 0 Å². The Morgan fingerprint density at radius 2 is 1.08 bits per heavy atom. The van der Waals surface area contributed by atoms with Gasteiger partial charge in [-0.2, -0.15) is 0 Å². The fourth-order valence-electron chi connectivity index (χ4n) is 0.228. The predicted octanol–water partition coefficient (Wildman–Crippen LogP) is -1.41. The second kappa shape index (κ2) is 6.05. The minimum atomic E-state index is -1.31. The fourth-order valence-corrected chi connectivity index (χ4v) is 0.228. The zero-order valence-electron chi connectivity index (χ0n) is 6.04. The van der Waals surface area contributed by atoms with Crippen molar-refractivity contribution in [1.29, 1.82) is 0 Å². The van der Waals surface area contributed by atoms with Gasteiger partial charge in [0, 0.05) is 13.8 Å². The van der Waals surface area contributed by atoms with E-state index in [1.165, 1.54) is 0 Å². The van der Waals surface area contributed by atoms with Crippen LogP contribution in [0.4, 0.5) is 0 Å². The summed E-state index contributed by atoms with van der Waals surface area (Å²) < 4.78 is 3.80. The summed E-state index contributed by atoms with van der Waals surface area (Å²) in [5, 5.41) is 0. The van der Waals surface area contributed by atoms with E-state index >= 15 is 0 Å². The van der Waals surface area contributed by atoms with Crippen molar-refractivity contribution in [2.75, 3.05) is 0 Å². The van der Waals surface area contributed by atoms with E-state index in [0.717, 1.165) is 13.8 Å². The molecule has 0 fully saturated rings. The molecule has 0 amide bonds. The molecular formula is C6H7NaO5. The molecule has 0 heterocycles. The summed E-state index contributed by atoms with van der Waals surface area (Å²) in [6.45, 7) is 1.88. The molecule has 5 nitrogen and oxygen atoms in total. The number of ether oxygens (including phenoxy) is 1. The van der Waals surface area contributed by atoms with E-state index < -0.39 is 23.5 Å². The summed E-state index contributed by atoms with van der Waals surface area (Å²) in [7, 11) is 0. The molecule has 0 aromatic carbocycles. The first-order valence-corrected chi connectivity index (χ1v) is 2.72. The van der Waals surface area contributed by atoms with Gasteiger partial charge in [0.1, 0.15) is 0 Å². The maximum absolute atomic E-state index is 10.3. The molecule has 0 N–H and O–H groups in total. The Morgan fingerprint density at radius 1 is 0.833 bits per heavy atom. The van der Waals surface area contributed by atoms with Crippen molar-refractivity contribution in [1.82, 2.24) is 0 Å². The van der Waals surface area contributed by atoms with Gasteiger partial charge in [-0.3, -0.25) is 9.59 Å². The van der Waals surface area contributed by atoms with Crippen LogP contribution in [-0.2, 0) is 23.9 Å². The Labute approximate surface area is 90.7 Å². The van der Waals surface area contributed by atoms with Crippen LogP contribution in [-0.4, -0.2) is 53.1 Å². The SMILES string of the molecule is CC(=O)C(=O)OC(=O)C(C)=O.[NaH]. The molecule has 6 heteroatoms.